The summed E-state index contributed by atoms with van der Waals surface area (Å²) in [7, 11) is 1.55. The first-order valence-electron chi connectivity index (χ1n) is 3.96. The average Bonchev–Trinajstić information content (AvgIpc) is 2.38. The van der Waals surface area contributed by atoms with Crippen LogP contribution in [0.1, 0.15) is 19.8 Å². The molecule has 0 aliphatic carbocycles. The molecule has 1 heterocycles. The summed E-state index contributed by atoms with van der Waals surface area (Å²) in [5, 5.41) is 3.19. The molecule has 0 unspecified atom stereocenters. The van der Waals surface area contributed by atoms with Crippen molar-refractivity contribution in [2.45, 2.75) is 25.3 Å². The Labute approximate surface area is 67.1 Å². The number of methoxy groups -OCH3 is 1. The van der Waals surface area contributed by atoms with Crippen molar-refractivity contribution in [1.29, 1.82) is 0 Å². The third kappa shape index (κ3) is 1.79. The number of ether oxygens (including phenoxy) is 1. The van der Waals surface area contributed by atoms with E-state index in [4.69, 9.17) is 4.74 Å². The highest BCUT2D eigenvalue weighted by Gasteiger charge is 2.34. The molecule has 1 fully saturated rings. The van der Waals surface area contributed by atoms with Crippen LogP contribution in [0.5, 0.6) is 0 Å². The summed E-state index contributed by atoms with van der Waals surface area (Å²) < 4.78 is 4.79. The first-order chi connectivity index (χ1) is 5.19. The minimum atomic E-state index is -0.310. The average molecular weight is 157 g/mol. The fourth-order valence-corrected chi connectivity index (χ4v) is 1.42. The van der Waals surface area contributed by atoms with Gasteiger partial charge in [-0.1, -0.05) is 0 Å². The van der Waals surface area contributed by atoms with E-state index in [1.54, 1.807) is 7.11 Å². The Bertz CT molecular complexity index is 150. The number of ketones is 1. The van der Waals surface area contributed by atoms with Crippen molar-refractivity contribution < 1.29 is 9.53 Å². The quantitative estimate of drug-likeness (QED) is 0.642. The molecule has 3 heteroatoms. The summed E-state index contributed by atoms with van der Waals surface area (Å²) in [6.45, 7) is 3.12. The van der Waals surface area contributed by atoms with E-state index in [1.807, 2.05) is 6.92 Å². The SMILES string of the molecule is COCC(=O)[C@]1(C)CCCN1. The second-order valence-corrected chi connectivity index (χ2v) is 3.22. The topological polar surface area (TPSA) is 38.3 Å². The zero-order chi connectivity index (χ0) is 8.32. The Balaban J connectivity index is 2.49. The van der Waals surface area contributed by atoms with Crippen LogP contribution in [0, 0.1) is 0 Å². The molecule has 0 saturated carbocycles. The highest BCUT2D eigenvalue weighted by molar-refractivity contribution is 5.89. The molecule has 0 spiro atoms. The van der Waals surface area contributed by atoms with Crippen molar-refractivity contribution in [2.75, 3.05) is 20.3 Å². The Morgan fingerprint density at radius 2 is 2.45 bits per heavy atom. The minimum absolute atomic E-state index is 0.164. The highest BCUT2D eigenvalue weighted by atomic mass is 16.5. The Kier molecular flexibility index (Phi) is 2.62. The molecule has 0 amide bonds. The molecule has 0 aromatic carbocycles. The van der Waals surface area contributed by atoms with Gasteiger partial charge in [-0.05, 0) is 26.3 Å². The maximum Gasteiger partial charge on any atom is 0.178 e. The molecule has 1 saturated heterocycles. The molecule has 1 rings (SSSR count). The third-order valence-electron chi connectivity index (χ3n) is 2.26. The van der Waals surface area contributed by atoms with Crippen LogP contribution in [0.25, 0.3) is 0 Å². The van der Waals surface area contributed by atoms with Gasteiger partial charge in [0.05, 0.1) is 5.54 Å². The van der Waals surface area contributed by atoms with E-state index < -0.39 is 0 Å². The molecular formula is C8H15NO2. The minimum Gasteiger partial charge on any atom is -0.377 e. The van der Waals surface area contributed by atoms with Crippen LogP contribution in [0.15, 0.2) is 0 Å². The van der Waals surface area contributed by atoms with Crippen molar-refractivity contribution in [2.24, 2.45) is 0 Å². The highest BCUT2D eigenvalue weighted by Crippen LogP contribution is 2.19. The monoisotopic (exact) mass is 157 g/mol. The summed E-state index contributed by atoms with van der Waals surface area (Å²) in [4.78, 5) is 11.4. The Morgan fingerprint density at radius 1 is 1.73 bits per heavy atom. The van der Waals surface area contributed by atoms with Gasteiger partial charge in [0.25, 0.3) is 0 Å². The van der Waals surface area contributed by atoms with Gasteiger partial charge in [-0.3, -0.25) is 4.79 Å². The van der Waals surface area contributed by atoms with Gasteiger partial charge in [-0.25, -0.2) is 0 Å². The summed E-state index contributed by atoms with van der Waals surface area (Å²) in [5.74, 6) is 0.164. The van der Waals surface area contributed by atoms with Crippen molar-refractivity contribution in [3.8, 4) is 0 Å². The summed E-state index contributed by atoms with van der Waals surface area (Å²) in [6.07, 6.45) is 2.03. The Hall–Kier alpha value is -0.410. The second kappa shape index (κ2) is 3.32. The van der Waals surface area contributed by atoms with Crippen molar-refractivity contribution >= 4 is 5.78 Å². The lowest BCUT2D eigenvalue weighted by atomic mass is 9.95. The lowest BCUT2D eigenvalue weighted by Gasteiger charge is -2.21. The lowest BCUT2D eigenvalue weighted by Crippen LogP contribution is -2.46. The molecule has 11 heavy (non-hydrogen) atoms. The zero-order valence-corrected chi connectivity index (χ0v) is 7.14. The molecule has 0 aromatic rings. The van der Waals surface area contributed by atoms with Crippen LogP contribution in [0.3, 0.4) is 0 Å². The number of carbonyl (C=O) groups excluding carboxylic acids is 1. The van der Waals surface area contributed by atoms with Gasteiger partial charge in [0, 0.05) is 7.11 Å². The molecule has 0 bridgehead atoms. The first-order valence-corrected chi connectivity index (χ1v) is 3.96. The number of hydrogen-bond acceptors (Lipinski definition) is 3. The molecule has 1 atom stereocenters. The van der Waals surface area contributed by atoms with Gasteiger partial charge in [-0.15, -0.1) is 0 Å². The van der Waals surface area contributed by atoms with E-state index in [2.05, 4.69) is 5.32 Å². The fourth-order valence-electron chi connectivity index (χ4n) is 1.42. The first kappa shape index (κ1) is 8.68. The smallest absolute Gasteiger partial charge is 0.178 e. The van der Waals surface area contributed by atoms with Gasteiger partial charge >= 0.3 is 0 Å². The fraction of sp³-hybridized carbons (Fsp3) is 0.875. The van der Waals surface area contributed by atoms with E-state index in [9.17, 15) is 4.79 Å². The molecular weight excluding hydrogens is 142 g/mol. The molecule has 3 nitrogen and oxygen atoms in total. The van der Waals surface area contributed by atoms with Gasteiger partial charge in [0.1, 0.15) is 6.61 Å². The summed E-state index contributed by atoms with van der Waals surface area (Å²) in [5.41, 5.74) is -0.310. The summed E-state index contributed by atoms with van der Waals surface area (Å²) in [6, 6.07) is 0. The molecule has 0 aromatic heterocycles. The van der Waals surface area contributed by atoms with Gasteiger partial charge < -0.3 is 10.1 Å². The molecule has 1 aliphatic rings. The second-order valence-electron chi connectivity index (χ2n) is 3.22. The van der Waals surface area contributed by atoms with Crippen LogP contribution in [-0.2, 0) is 9.53 Å². The van der Waals surface area contributed by atoms with Gasteiger partial charge in [-0.2, -0.15) is 0 Å². The van der Waals surface area contributed by atoms with Crippen molar-refractivity contribution in [1.82, 2.24) is 5.32 Å². The van der Waals surface area contributed by atoms with Crippen molar-refractivity contribution in [3.05, 3.63) is 0 Å². The molecule has 64 valence electrons. The molecule has 1 aliphatic heterocycles. The van der Waals surface area contributed by atoms with Crippen LogP contribution < -0.4 is 5.32 Å². The predicted octanol–water partition coefficient (Wildman–Crippen LogP) is 0.344. The predicted molar refractivity (Wildman–Crippen MR) is 42.5 cm³/mol. The van der Waals surface area contributed by atoms with Crippen LogP contribution in [0.4, 0.5) is 0 Å². The van der Waals surface area contributed by atoms with Crippen LogP contribution in [0.2, 0.25) is 0 Å². The number of hydrogen-bond donors (Lipinski definition) is 1. The standard InChI is InChI=1S/C8H15NO2/c1-8(4-3-5-9-8)7(10)6-11-2/h9H,3-6H2,1-2H3/t8-/m0/s1. The number of nitrogens with one attached hydrogen (secondary N) is 1. The Morgan fingerprint density at radius 3 is 2.91 bits per heavy atom. The van der Waals surface area contributed by atoms with E-state index >= 15 is 0 Å². The molecule has 0 radical (unpaired) electrons. The van der Waals surface area contributed by atoms with Crippen LogP contribution in [-0.4, -0.2) is 31.6 Å². The number of rotatable bonds is 3. The van der Waals surface area contributed by atoms with E-state index in [0.29, 0.717) is 0 Å². The largest absolute Gasteiger partial charge is 0.377 e. The van der Waals surface area contributed by atoms with Crippen molar-refractivity contribution in [3.63, 3.8) is 0 Å². The molecule has 1 N–H and O–H groups in total. The van der Waals surface area contributed by atoms with E-state index in [-0.39, 0.29) is 17.9 Å². The normalized spacial score (nSPS) is 30.7. The zero-order valence-electron chi connectivity index (χ0n) is 7.14. The van der Waals surface area contributed by atoms with E-state index in [0.717, 1.165) is 19.4 Å². The van der Waals surface area contributed by atoms with Gasteiger partial charge in [0.15, 0.2) is 5.78 Å². The number of carbonyl (C=O) groups is 1. The maximum atomic E-state index is 11.4. The summed E-state index contributed by atoms with van der Waals surface area (Å²) >= 11 is 0. The van der Waals surface area contributed by atoms with Crippen LogP contribution >= 0.6 is 0 Å². The van der Waals surface area contributed by atoms with Gasteiger partial charge in [0.2, 0.25) is 0 Å². The number of Topliss-reactive ketones (excluding diaryl/α,β-unsaturated/α-hetero) is 1. The lowest BCUT2D eigenvalue weighted by molar-refractivity contribution is -0.128. The van der Waals surface area contributed by atoms with E-state index in [1.165, 1.54) is 0 Å². The third-order valence-corrected chi connectivity index (χ3v) is 2.26. The maximum absolute atomic E-state index is 11.4.